The number of nitrogens with two attached hydrogens (primary N) is 1. The van der Waals surface area contributed by atoms with E-state index in [1.54, 1.807) is 0 Å². The molecule has 0 aromatic carbocycles. The first-order valence-corrected chi connectivity index (χ1v) is 7.44. The number of anilines is 1. The number of hydrogen-bond acceptors (Lipinski definition) is 3. The van der Waals surface area contributed by atoms with Crippen molar-refractivity contribution >= 4 is 11.6 Å². The maximum absolute atomic E-state index is 12.3. The lowest BCUT2D eigenvalue weighted by molar-refractivity contribution is -0.119. The molecule has 0 radical (unpaired) electrons. The summed E-state index contributed by atoms with van der Waals surface area (Å²) in [6.07, 6.45) is 3.85. The van der Waals surface area contributed by atoms with Crippen LogP contribution < -0.4 is 11.1 Å². The number of nitrogens with one attached hydrogen (secondary N) is 1. The van der Waals surface area contributed by atoms with Crippen molar-refractivity contribution in [2.45, 2.75) is 59.4 Å². The zero-order chi connectivity index (χ0) is 14.9. The molecule has 0 spiro atoms. The third-order valence-corrected chi connectivity index (χ3v) is 4.46. The highest BCUT2D eigenvalue weighted by Crippen LogP contribution is 2.43. The Balaban J connectivity index is 2.08. The standard InChI is InChI=1S/C15H26N4O/c1-10(2)19-12(4)14(11(3)18-19)17-13(20)8-15(9-16)6-5-7-15/h10H,5-9,16H2,1-4H3,(H,17,20). The van der Waals surface area contributed by atoms with Gasteiger partial charge in [0.1, 0.15) is 0 Å². The number of rotatable bonds is 5. The first kappa shape index (κ1) is 15.0. The van der Waals surface area contributed by atoms with Gasteiger partial charge in [-0.2, -0.15) is 5.10 Å². The molecular weight excluding hydrogens is 252 g/mol. The van der Waals surface area contributed by atoms with E-state index in [1.807, 2.05) is 18.5 Å². The fourth-order valence-electron chi connectivity index (χ4n) is 3.00. The molecule has 1 aromatic rings. The van der Waals surface area contributed by atoms with Gasteiger partial charge in [0.15, 0.2) is 0 Å². The fraction of sp³-hybridized carbons (Fsp3) is 0.733. The minimum Gasteiger partial charge on any atom is -0.330 e. The van der Waals surface area contributed by atoms with E-state index in [0.29, 0.717) is 19.0 Å². The van der Waals surface area contributed by atoms with Crippen molar-refractivity contribution < 1.29 is 4.79 Å². The van der Waals surface area contributed by atoms with E-state index in [0.717, 1.165) is 29.9 Å². The molecule has 5 nitrogen and oxygen atoms in total. The second-order valence-electron chi connectivity index (χ2n) is 6.37. The molecule has 0 atom stereocenters. The lowest BCUT2D eigenvalue weighted by atomic mass is 9.66. The van der Waals surface area contributed by atoms with Gasteiger partial charge in [0.05, 0.1) is 17.1 Å². The first-order chi connectivity index (χ1) is 9.38. The Hall–Kier alpha value is -1.36. The highest BCUT2D eigenvalue weighted by Gasteiger charge is 2.37. The molecule has 1 fully saturated rings. The molecule has 1 aromatic heterocycles. The van der Waals surface area contributed by atoms with Gasteiger partial charge in [0.25, 0.3) is 0 Å². The van der Waals surface area contributed by atoms with Gasteiger partial charge in [-0.15, -0.1) is 0 Å². The lowest BCUT2D eigenvalue weighted by Gasteiger charge is -2.40. The third-order valence-electron chi connectivity index (χ3n) is 4.46. The summed E-state index contributed by atoms with van der Waals surface area (Å²) in [5.74, 6) is 0.0599. The van der Waals surface area contributed by atoms with Crippen LogP contribution in [0.2, 0.25) is 0 Å². The van der Waals surface area contributed by atoms with Crippen molar-refractivity contribution in [1.29, 1.82) is 0 Å². The Bertz CT molecular complexity index is 495. The number of amides is 1. The topological polar surface area (TPSA) is 72.9 Å². The molecule has 0 aliphatic heterocycles. The van der Waals surface area contributed by atoms with E-state index in [1.165, 1.54) is 6.42 Å². The summed E-state index contributed by atoms with van der Waals surface area (Å²) in [6.45, 7) is 8.70. The summed E-state index contributed by atoms with van der Waals surface area (Å²) in [4.78, 5) is 12.3. The zero-order valence-corrected chi connectivity index (χ0v) is 13.0. The van der Waals surface area contributed by atoms with Crippen LogP contribution >= 0.6 is 0 Å². The second-order valence-corrected chi connectivity index (χ2v) is 6.37. The number of carbonyl (C=O) groups excluding carboxylic acids is 1. The Labute approximate surface area is 120 Å². The Morgan fingerprint density at radius 2 is 2.10 bits per heavy atom. The SMILES string of the molecule is Cc1nn(C(C)C)c(C)c1NC(=O)CC1(CN)CCC1. The molecule has 0 bridgehead atoms. The summed E-state index contributed by atoms with van der Waals surface area (Å²) in [6, 6.07) is 0.293. The number of aryl methyl sites for hydroxylation is 1. The number of hydrogen-bond donors (Lipinski definition) is 2. The van der Waals surface area contributed by atoms with Crippen molar-refractivity contribution in [3.63, 3.8) is 0 Å². The van der Waals surface area contributed by atoms with E-state index < -0.39 is 0 Å². The normalized spacial score (nSPS) is 17.1. The molecule has 0 saturated heterocycles. The molecule has 1 amide bonds. The highest BCUT2D eigenvalue weighted by atomic mass is 16.1. The number of aromatic nitrogens is 2. The summed E-state index contributed by atoms with van der Waals surface area (Å²) >= 11 is 0. The van der Waals surface area contributed by atoms with Crippen LogP contribution in [0.1, 0.15) is 57.0 Å². The largest absolute Gasteiger partial charge is 0.330 e. The van der Waals surface area contributed by atoms with E-state index in [-0.39, 0.29) is 11.3 Å². The van der Waals surface area contributed by atoms with Gasteiger partial charge in [0.2, 0.25) is 5.91 Å². The molecule has 20 heavy (non-hydrogen) atoms. The maximum atomic E-state index is 12.3. The van der Waals surface area contributed by atoms with Gasteiger partial charge in [-0.3, -0.25) is 9.48 Å². The van der Waals surface area contributed by atoms with E-state index in [9.17, 15) is 4.79 Å². The predicted octanol–water partition coefficient (Wildman–Crippen LogP) is 2.54. The molecule has 2 rings (SSSR count). The Morgan fingerprint density at radius 1 is 1.45 bits per heavy atom. The monoisotopic (exact) mass is 278 g/mol. The molecule has 1 aliphatic carbocycles. The van der Waals surface area contributed by atoms with Crippen LogP contribution in [0.25, 0.3) is 0 Å². The lowest BCUT2D eigenvalue weighted by Crippen LogP contribution is -2.40. The van der Waals surface area contributed by atoms with Crippen LogP contribution in [0, 0.1) is 19.3 Å². The van der Waals surface area contributed by atoms with Crippen molar-refractivity contribution in [1.82, 2.24) is 9.78 Å². The first-order valence-electron chi connectivity index (χ1n) is 7.44. The fourth-order valence-corrected chi connectivity index (χ4v) is 3.00. The minimum absolute atomic E-state index is 0.0416. The van der Waals surface area contributed by atoms with Crippen LogP contribution in [0.5, 0.6) is 0 Å². The van der Waals surface area contributed by atoms with Crippen LogP contribution in [0.4, 0.5) is 5.69 Å². The highest BCUT2D eigenvalue weighted by molar-refractivity contribution is 5.92. The van der Waals surface area contributed by atoms with Crippen molar-refractivity contribution in [2.75, 3.05) is 11.9 Å². The van der Waals surface area contributed by atoms with E-state index in [2.05, 4.69) is 24.3 Å². The molecule has 112 valence electrons. The summed E-state index contributed by atoms with van der Waals surface area (Å²) in [7, 11) is 0. The molecule has 1 saturated carbocycles. The van der Waals surface area contributed by atoms with E-state index >= 15 is 0 Å². The van der Waals surface area contributed by atoms with Gasteiger partial charge < -0.3 is 11.1 Å². The number of carbonyl (C=O) groups is 1. The summed E-state index contributed by atoms with van der Waals surface area (Å²) in [5, 5.41) is 7.52. The summed E-state index contributed by atoms with van der Waals surface area (Å²) in [5.41, 5.74) is 8.61. The van der Waals surface area contributed by atoms with Crippen LogP contribution in [0.3, 0.4) is 0 Å². The predicted molar refractivity (Wildman–Crippen MR) is 80.7 cm³/mol. The van der Waals surface area contributed by atoms with Crippen molar-refractivity contribution in [3.8, 4) is 0 Å². The zero-order valence-electron chi connectivity index (χ0n) is 13.0. The molecular formula is C15H26N4O. The smallest absolute Gasteiger partial charge is 0.225 e. The number of nitrogens with zero attached hydrogens (tertiary/aromatic N) is 2. The van der Waals surface area contributed by atoms with Gasteiger partial charge in [-0.1, -0.05) is 6.42 Å². The van der Waals surface area contributed by atoms with Crippen molar-refractivity contribution in [2.24, 2.45) is 11.1 Å². The Morgan fingerprint density at radius 3 is 2.50 bits per heavy atom. The van der Waals surface area contributed by atoms with Gasteiger partial charge in [0, 0.05) is 12.5 Å². The molecule has 0 unspecified atom stereocenters. The Kier molecular flexibility index (Phi) is 4.18. The molecule has 1 aliphatic rings. The third kappa shape index (κ3) is 2.73. The maximum Gasteiger partial charge on any atom is 0.225 e. The summed E-state index contributed by atoms with van der Waals surface area (Å²) < 4.78 is 1.95. The average Bonchev–Trinajstić information content (AvgIpc) is 2.62. The molecule has 5 heteroatoms. The van der Waals surface area contributed by atoms with E-state index in [4.69, 9.17) is 5.73 Å². The second kappa shape index (κ2) is 5.56. The van der Waals surface area contributed by atoms with Crippen LogP contribution in [-0.4, -0.2) is 22.2 Å². The molecule has 3 N–H and O–H groups in total. The average molecular weight is 278 g/mol. The van der Waals surface area contributed by atoms with Crippen LogP contribution in [0.15, 0.2) is 0 Å². The van der Waals surface area contributed by atoms with Crippen LogP contribution in [-0.2, 0) is 4.79 Å². The minimum atomic E-state index is 0.0416. The quantitative estimate of drug-likeness (QED) is 0.869. The van der Waals surface area contributed by atoms with Gasteiger partial charge in [-0.05, 0) is 52.5 Å². The molecule has 1 heterocycles. The van der Waals surface area contributed by atoms with Gasteiger partial charge in [-0.25, -0.2) is 0 Å². The van der Waals surface area contributed by atoms with Gasteiger partial charge >= 0.3 is 0 Å². The van der Waals surface area contributed by atoms with Crippen molar-refractivity contribution in [3.05, 3.63) is 11.4 Å².